The maximum Gasteiger partial charge on any atom is 0.253 e. The summed E-state index contributed by atoms with van der Waals surface area (Å²) in [6.07, 6.45) is 3.97. The van der Waals surface area contributed by atoms with Crippen molar-refractivity contribution in [3.63, 3.8) is 0 Å². The van der Waals surface area contributed by atoms with Crippen molar-refractivity contribution in [1.29, 1.82) is 0 Å². The molecule has 0 aromatic heterocycles. The van der Waals surface area contributed by atoms with E-state index in [1.54, 1.807) is 6.92 Å². The van der Waals surface area contributed by atoms with Crippen molar-refractivity contribution < 1.29 is 14.6 Å². The van der Waals surface area contributed by atoms with Gasteiger partial charge in [-0.2, -0.15) is 0 Å². The van der Waals surface area contributed by atoms with Gasteiger partial charge in [0.1, 0.15) is 0 Å². The molecule has 2 fully saturated rings. The van der Waals surface area contributed by atoms with Gasteiger partial charge >= 0.3 is 0 Å². The number of piperidine rings is 1. The van der Waals surface area contributed by atoms with Crippen LogP contribution in [-0.2, 0) is 4.74 Å². The Morgan fingerprint density at radius 2 is 1.61 bits per heavy atom. The van der Waals surface area contributed by atoms with Crippen LogP contribution in [0, 0.1) is 5.41 Å². The summed E-state index contributed by atoms with van der Waals surface area (Å²) in [4.78, 5) is 15.1. The van der Waals surface area contributed by atoms with Gasteiger partial charge in [-0.3, -0.25) is 4.79 Å². The zero-order chi connectivity index (χ0) is 19.6. The third-order valence-corrected chi connectivity index (χ3v) is 6.36. The molecule has 2 aliphatic heterocycles. The predicted octanol–water partition coefficient (Wildman–Crippen LogP) is 4.44. The monoisotopic (exact) mass is 379 g/mol. The molecule has 1 N–H and O–H groups in total. The molecule has 1 spiro atoms. The Kier molecular flexibility index (Phi) is 5.51. The van der Waals surface area contributed by atoms with Gasteiger partial charge in [0, 0.05) is 31.9 Å². The van der Waals surface area contributed by atoms with Crippen LogP contribution in [0.15, 0.2) is 48.5 Å². The molecule has 1 amide bonds. The van der Waals surface area contributed by atoms with Gasteiger partial charge in [0.05, 0.1) is 6.10 Å². The first-order valence-electron chi connectivity index (χ1n) is 10.3. The lowest BCUT2D eigenvalue weighted by molar-refractivity contribution is -0.0229. The highest BCUT2D eigenvalue weighted by molar-refractivity contribution is 5.94. The average molecular weight is 380 g/mol. The maximum absolute atomic E-state index is 13.1. The summed E-state index contributed by atoms with van der Waals surface area (Å²) < 4.78 is 5.54. The summed E-state index contributed by atoms with van der Waals surface area (Å²) >= 11 is 0. The van der Waals surface area contributed by atoms with Crippen molar-refractivity contribution in [2.75, 3.05) is 26.3 Å². The molecule has 4 nitrogen and oxygen atoms in total. The Hall–Kier alpha value is -2.17. The van der Waals surface area contributed by atoms with Crippen molar-refractivity contribution in [2.45, 2.75) is 38.7 Å². The number of rotatable bonds is 3. The minimum Gasteiger partial charge on any atom is -0.389 e. The smallest absolute Gasteiger partial charge is 0.253 e. The van der Waals surface area contributed by atoms with E-state index in [0.717, 1.165) is 67.8 Å². The number of nitrogens with zero attached hydrogens (tertiary/aromatic N) is 1. The number of carbonyl (C=O) groups is 1. The Labute approximate surface area is 167 Å². The van der Waals surface area contributed by atoms with Gasteiger partial charge in [0.25, 0.3) is 5.91 Å². The summed E-state index contributed by atoms with van der Waals surface area (Å²) in [7, 11) is 0. The first-order valence-corrected chi connectivity index (χ1v) is 10.3. The average Bonchev–Trinajstić information content (AvgIpc) is 2.74. The Morgan fingerprint density at radius 3 is 2.21 bits per heavy atom. The van der Waals surface area contributed by atoms with Crippen molar-refractivity contribution in [3.8, 4) is 11.1 Å². The molecule has 2 aromatic carbocycles. The molecule has 0 unspecified atom stereocenters. The van der Waals surface area contributed by atoms with Crippen molar-refractivity contribution in [3.05, 3.63) is 59.7 Å². The quantitative estimate of drug-likeness (QED) is 0.858. The standard InChI is InChI=1S/C24H29NO3/c1-18(26)19-3-5-20(6-4-19)21-7-9-22(10-8-21)23(27)25-14-2-11-24(17-25)12-15-28-16-13-24/h3-10,18,26H,2,11-17H2,1H3/t18-/m1/s1. The second-order valence-corrected chi connectivity index (χ2v) is 8.32. The highest BCUT2D eigenvalue weighted by Crippen LogP contribution is 2.39. The van der Waals surface area contributed by atoms with E-state index < -0.39 is 6.10 Å². The fourth-order valence-electron chi connectivity index (χ4n) is 4.54. The van der Waals surface area contributed by atoms with Gasteiger partial charge in [-0.15, -0.1) is 0 Å². The van der Waals surface area contributed by atoms with Crippen LogP contribution in [0.2, 0.25) is 0 Å². The van der Waals surface area contributed by atoms with Crippen molar-refractivity contribution in [1.82, 2.24) is 4.90 Å². The van der Waals surface area contributed by atoms with Gasteiger partial charge in [0.2, 0.25) is 0 Å². The number of aliphatic hydroxyl groups is 1. The zero-order valence-electron chi connectivity index (χ0n) is 16.6. The molecule has 0 radical (unpaired) electrons. The molecule has 2 aromatic rings. The molecule has 0 aliphatic carbocycles. The molecule has 0 saturated carbocycles. The van der Waals surface area contributed by atoms with Crippen LogP contribution in [0.25, 0.3) is 11.1 Å². The highest BCUT2D eigenvalue weighted by Gasteiger charge is 2.38. The molecule has 148 valence electrons. The first kappa shape index (κ1) is 19.2. The lowest BCUT2D eigenvalue weighted by Gasteiger charge is -2.45. The molecular weight excluding hydrogens is 350 g/mol. The third-order valence-electron chi connectivity index (χ3n) is 6.36. The van der Waals surface area contributed by atoms with Crippen LogP contribution < -0.4 is 0 Å². The fraction of sp³-hybridized carbons (Fsp3) is 0.458. The number of aliphatic hydroxyl groups excluding tert-OH is 1. The molecule has 2 aliphatic rings. The van der Waals surface area contributed by atoms with Crippen molar-refractivity contribution >= 4 is 5.91 Å². The minimum atomic E-state index is -0.461. The summed E-state index contributed by atoms with van der Waals surface area (Å²) in [5.41, 5.74) is 4.09. The topological polar surface area (TPSA) is 49.8 Å². The van der Waals surface area contributed by atoms with E-state index in [1.165, 1.54) is 6.42 Å². The maximum atomic E-state index is 13.1. The van der Waals surface area contributed by atoms with Crippen LogP contribution in [0.5, 0.6) is 0 Å². The number of benzene rings is 2. The second-order valence-electron chi connectivity index (χ2n) is 8.32. The molecule has 1 atom stereocenters. The lowest BCUT2D eigenvalue weighted by Crippen LogP contribution is -2.48. The normalized spacial score (nSPS) is 20.1. The van der Waals surface area contributed by atoms with Crippen LogP contribution in [0.1, 0.15) is 54.6 Å². The SMILES string of the molecule is C[C@@H](O)c1ccc(-c2ccc(C(=O)N3CCCC4(CCOCC4)C3)cc2)cc1. The summed E-state index contributed by atoms with van der Waals surface area (Å²) in [6, 6.07) is 15.8. The zero-order valence-corrected chi connectivity index (χ0v) is 16.6. The molecule has 28 heavy (non-hydrogen) atoms. The number of ether oxygens (including phenoxy) is 1. The van der Waals surface area contributed by atoms with E-state index in [-0.39, 0.29) is 11.3 Å². The molecular formula is C24H29NO3. The fourth-order valence-corrected chi connectivity index (χ4v) is 4.54. The molecule has 2 saturated heterocycles. The van der Waals surface area contributed by atoms with E-state index in [9.17, 15) is 9.90 Å². The van der Waals surface area contributed by atoms with E-state index >= 15 is 0 Å². The number of amides is 1. The Bertz CT molecular complexity index is 799. The number of hydrogen-bond acceptors (Lipinski definition) is 3. The predicted molar refractivity (Wildman–Crippen MR) is 110 cm³/mol. The van der Waals surface area contributed by atoms with Crippen LogP contribution in [-0.4, -0.2) is 42.2 Å². The highest BCUT2D eigenvalue weighted by atomic mass is 16.5. The Morgan fingerprint density at radius 1 is 1.00 bits per heavy atom. The largest absolute Gasteiger partial charge is 0.389 e. The van der Waals surface area contributed by atoms with E-state index in [2.05, 4.69) is 0 Å². The number of carbonyl (C=O) groups excluding carboxylic acids is 1. The molecule has 4 heteroatoms. The van der Waals surface area contributed by atoms with Gasteiger partial charge in [-0.1, -0.05) is 36.4 Å². The molecule has 2 heterocycles. The lowest BCUT2D eigenvalue weighted by atomic mass is 9.74. The van der Waals surface area contributed by atoms with Crippen LogP contribution in [0.3, 0.4) is 0 Å². The van der Waals surface area contributed by atoms with Gasteiger partial charge < -0.3 is 14.7 Å². The van der Waals surface area contributed by atoms with Crippen LogP contribution >= 0.6 is 0 Å². The summed E-state index contributed by atoms with van der Waals surface area (Å²) in [5, 5.41) is 9.65. The summed E-state index contributed by atoms with van der Waals surface area (Å²) in [6.45, 7) is 5.12. The van der Waals surface area contributed by atoms with Crippen LogP contribution in [0.4, 0.5) is 0 Å². The van der Waals surface area contributed by atoms with E-state index in [0.29, 0.717) is 0 Å². The second kappa shape index (κ2) is 8.06. The van der Waals surface area contributed by atoms with E-state index in [1.807, 2.05) is 53.4 Å². The third kappa shape index (κ3) is 3.98. The molecule has 4 rings (SSSR count). The number of hydrogen-bond donors (Lipinski definition) is 1. The van der Waals surface area contributed by atoms with E-state index in [4.69, 9.17) is 4.74 Å². The number of likely N-dealkylation sites (tertiary alicyclic amines) is 1. The van der Waals surface area contributed by atoms with Gasteiger partial charge in [0.15, 0.2) is 0 Å². The minimum absolute atomic E-state index is 0.140. The van der Waals surface area contributed by atoms with Gasteiger partial charge in [-0.05, 0) is 66.8 Å². The Balaban J connectivity index is 1.46. The summed E-state index contributed by atoms with van der Waals surface area (Å²) in [5.74, 6) is 0.140. The molecule has 0 bridgehead atoms. The van der Waals surface area contributed by atoms with Gasteiger partial charge in [-0.25, -0.2) is 0 Å². The van der Waals surface area contributed by atoms with Crippen molar-refractivity contribution in [2.24, 2.45) is 5.41 Å². The first-order chi connectivity index (χ1) is 13.6.